The second kappa shape index (κ2) is 4.44. The van der Waals surface area contributed by atoms with Crippen molar-refractivity contribution in [1.82, 2.24) is 15.0 Å². The van der Waals surface area contributed by atoms with E-state index >= 15 is 0 Å². The Bertz CT molecular complexity index is 433. The molecule has 92 valence electrons. The number of hydrogen-bond acceptors (Lipinski definition) is 6. The van der Waals surface area contributed by atoms with E-state index in [0.29, 0.717) is 13.0 Å². The zero-order valence-corrected chi connectivity index (χ0v) is 9.62. The fraction of sp³-hybridized carbons (Fsp3) is 0.500. The number of nitrogens with zero attached hydrogens (tertiary/aromatic N) is 3. The van der Waals surface area contributed by atoms with Gasteiger partial charge in [0.25, 0.3) is 0 Å². The molecule has 1 aromatic rings. The first-order valence-electron chi connectivity index (χ1n) is 5.12. The van der Waals surface area contributed by atoms with Crippen molar-refractivity contribution < 1.29 is 19.0 Å². The number of aromatic nitrogens is 3. The van der Waals surface area contributed by atoms with Gasteiger partial charge in [0, 0.05) is 13.3 Å². The first-order chi connectivity index (χ1) is 8.13. The van der Waals surface area contributed by atoms with Gasteiger partial charge < -0.3 is 14.2 Å². The van der Waals surface area contributed by atoms with Crippen molar-refractivity contribution in [3.05, 3.63) is 24.4 Å². The second-order valence-electron chi connectivity index (χ2n) is 3.71. The minimum atomic E-state index is -0.681. The number of carbonyl (C=O) groups excluding carboxylic acids is 1. The summed E-state index contributed by atoms with van der Waals surface area (Å²) in [6, 6.07) is 0. The molecule has 2 heterocycles. The second-order valence-corrected chi connectivity index (χ2v) is 3.71. The number of hydrogen-bond donors (Lipinski definition) is 0. The summed E-state index contributed by atoms with van der Waals surface area (Å²) < 4.78 is 15.1. The van der Waals surface area contributed by atoms with Gasteiger partial charge >= 0.3 is 5.97 Å². The molecule has 0 unspecified atom stereocenters. The third kappa shape index (κ3) is 2.55. The van der Waals surface area contributed by atoms with Crippen LogP contribution in [0.15, 0.2) is 18.7 Å². The Morgan fingerprint density at radius 1 is 1.53 bits per heavy atom. The molecule has 0 spiro atoms. The Morgan fingerprint density at radius 2 is 2.24 bits per heavy atom. The van der Waals surface area contributed by atoms with E-state index in [1.807, 2.05) is 6.92 Å². The Labute approximate surface area is 98.0 Å². The van der Waals surface area contributed by atoms with Crippen molar-refractivity contribution in [2.24, 2.45) is 0 Å². The molecule has 0 saturated heterocycles. The highest BCUT2D eigenvalue weighted by molar-refractivity contribution is 5.86. The topological polar surface area (TPSA) is 75.5 Å². The van der Waals surface area contributed by atoms with E-state index in [9.17, 15) is 4.79 Å². The van der Waals surface area contributed by atoms with Crippen LogP contribution in [0.1, 0.15) is 23.8 Å². The normalized spacial score (nSPS) is 16.4. The maximum absolute atomic E-state index is 11.2. The van der Waals surface area contributed by atoms with Gasteiger partial charge in [0.15, 0.2) is 5.69 Å². The fourth-order valence-electron chi connectivity index (χ4n) is 1.40. The summed E-state index contributed by atoms with van der Waals surface area (Å²) in [5.74, 6) is -1.18. The van der Waals surface area contributed by atoms with Crippen LogP contribution < -0.4 is 0 Å². The SMILES string of the molecule is COC(=O)c1cnn(CCC2(C)OC=CO2)n1. The van der Waals surface area contributed by atoms with Crippen LogP contribution in [0.4, 0.5) is 0 Å². The van der Waals surface area contributed by atoms with Gasteiger partial charge in [-0.1, -0.05) is 0 Å². The molecule has 1 aliphatic heterocycles. The lowest BCUT2D eigenvalue weighted by molar-refractivity contribution is -0.133. The van der Waals surface area contributed by atoms with Crippen LogP contribution in [-0.2, 0) is 20.8 Å². The smallest absolute Gasteiger partial charge is 0.360 e. The molecule has 0 bridgehead atoms. The monoisotopic (exact) mass is 239 g/mol. The standard InChI is InChI=1S/C10H13N3O4/c1-10(16-5-6-17-10)3-4-13-11-7-8(12-13)9(14)15-2/h5-7H,3-4H2,1-2H3. The van der Waals surface area contributed by atoms with E-state index < -0.39 is 11.8 Å². The van der Waals surface area contributed by atoms with E-state index in [1.54, 1.807) is 0 Å². The molecule has 0 radical (unpaired) electrons. The minimum absolute atomic E-state index is 0.184. The first-order valence-corrected chi connectivity index (χ1v) is 5.12. The largest absolute Gasteiger partial charge is 0.464 e. The Balaban J connectivity index is 1.91. The third-order valence-electron chi connectivity index (χ3n) is 2.39. The van der Waals surface area contributed by atoms with Gasteiger partial charge in [-0.25, -0.2) is 4.79 Å². The Morgan fingerprint density at radius 3 is 2.88 bits per heavy atom. The molecule has 1 aromatic heterocycles. The molecule has 0 saturated carbocycles. The summed E-state index contributed by atoms with van der Waals surface area (Å²) in [5.41, 5.74) is 0.184. The average molecular weight is 239 g/mol. The van der Waals surface area contributed by atoms with Gasteiger partial charge in [0.1, 0.15) is 12.5 Å². The highest BCUT2D eigenvalue weighted by atomic mass is 16.7. The average Bonchev–Trinajstić information content (AvgIpc) is 2.95. The molecule has 7 heteroatoms. The molecule has 0 aromatic carbocycles. The van der Waals surface area contributed by atoms with Crippen molar-refractivity contribution in [1.29, 1.82) is 0 Å². The number of carbonyl (C=O) groups is 1. The summed E-state index contributed by atoms with van der Waals surface area (Å²) in [4.78, 5) is 12.6. The zero-order chi connectivity index (χ0) is 12.3. The molecule has 1 aliphatic rings. The lowest BCUT2D eigenvalue weighted by Crippen LogP contribution is -2.27. The molecule has 7 nitrogen and oxygen atoms in total. The molecule has 0 atom stereocenters. The predicted molar refractivity (Wildman–Crippen MR) is 55.7 cm³/mol. The highest BCUT2D eigenvalue weighted by Gasteiger charge is 2.29. The molecular weight excluding hydrogens is 226 g/mol. The summed E-state index contributed by atoms with van der Waals surface area (Å²) >= 11 is 0. The Hall–Kier alpha value is -2.05. The zero-order valence-electron chi connectivity index (χ0n) is 9.62. The van der Waals surface area contributed by atoms with Gasteiger partial charge in [0.2, 0.25) is 5.79 Å². The third-order valence-corrected chi connectivity index (χ3v) is 2.39. The maximum atomic E-state index is 11.2. The van der Waals surface area contributed by atoms with Gasteiger partial charge in [-0.2, -0.15) is 9.90 Å². The van der Waals surface area contributed by atoms with Crippen LogP contribution in [-0.4, -0.2) is 33.9 Å². The summed E-state index contributed by atoms with van der Waals surface area (Å²) in [6.07, 6.45) is 4.92. The van der Waals surface area contributed by atoms with Crippen molar-refractivity contribution in [3.63, 3.8) is 0 Å². The lowest BCUT2D eigenvalue weighted by atomic mass is 10.2. The van der Waals surface area contributed by atoms with Crippen LogP contribution >= 0.6 is 0 Å². The summed E-state index contributed by atoms with van der Waals surface area (Å²) in [7, 11) is 1.30. The number of ether oxygens (including phenoxy) is 3. The van der Waals surface area contributed by atoms with Crippen molar-refractivity contribution in [2.75, 3.05) is 7.11 Å². The number of esters is 1. The van der Waals surface area contributed by atoms with E-state index in [-0.39, 0.29) is 5.69 Å². The minimum Gasteiger partial charge on any atom is -0.464 e. The number of rotatable bonds is 4. The lowest BCUT2D eigenvalue weighted by Gasteiger charge is -2.22. The maximum Gasteiger partial charge on any atom is 0.360 e. The molecule has 0 N–H and O–H groups in total. The van der Waals surface area contributed by atoms with Crippen molar-refractivity contribution in [3.8, 4) is 0 Å². The van der Waals surface area contributed by atoms with E-state index in [4.69, 9.17) is 9.47 Å². The summed E-state index contributed by atoms with van der Waals surface area (Å²) in [5, 5.41) is 7.92. The first kappa shape index (κ1) is 11.4. The molecule has 0 fully saturated rings. The van der Waals surface area contributed by atoms with Crippen LogP contribution in [0.3, 0.4) is 0 Å². The number of methoxy groups -OCH3 is 1. The van der Waals surface area contributed by atoms with Crippen LogP contribution in [0, 0.1) is 0 Å². The van der Waals surface area contributed by atoms with E-state index in [1.165, 1.54) is 30.6 Å². The number of aryl methyl sites for hydroxylation is 1. The van der Waals surface area contributed by atoms with E-state index in [2.05, 4.69) is 14.9 Å². The highest BCUT2D eigenvalue weighted by Crippen LogP contribution is 2.23. The quantitative estimate of drug-likeness (QED) is 0.719. The van der Waals surface area contributed by atoms with E-state index in [0.717, 1.165) is 0 Å². The molecular formula is C10H13N3O4. The molecule has 0 amide bonds. The van der Waals surface area contributed by atoms with Crippen molar-refractivity contribution in [2.45, 2.75) is 25.7 Å². The Kier molecular flexibility index (Phi) is 2.99. The van der Waals surface area contributed by atoms with Gasteiger partial charge in [-0.3, -0.25) is 0 Å². The van der Waals surface area contributed by atoms with Gasteiger partial charge in [0.05, 0.1) is 19.9 Å². The van der Waals surface area contributed by atoms with Gasteiger partial charge in [-0.05, 0) is 0 Å². The molecule has 17 heavy (non-hydrogen) atoms. The molecule has 0 aliphatic carbocycles. The van der Waals surface area contributed by atoms with Crippen molar-refractivity contribution >= 4 is 5.97 Å². The van der Waals surface area contributed by atoms with Crippen LogP contribution in [0.2, 0.25) is 0 Å². The summed E-state index contributed by atoms with van der Waals surface area (Å²) in [6.45, 7) is 2.30. The predicted octanol–water partition coefficient (Wildman–Crippen LogP) is 0.689. The van der Waals surface area contributed by atoms with Crippen LogP contribution in [0.25, 0.3) is 0 Å². The van der Waals surface area contributed by atoms with Crippen LogP contribution in [0.5, 0.6) is 0 Å². The fourth-order valence-corrected chi connectivity index (χ4v) is 1.40. The molecule has 2 rings (SSSR count). The van der Waals surface area contributed by atoms with Gasteiger partial charge in [-0.15, -0.1) is 5.10 Å².